The summed E-state index contributed by atoms with van der Waals surface area (Å²) in [5.41, 5.74) is 7.01. The SMILES string of the molecule is CN(c1nc2ccc([N+](=O)[O-])cc2o1)C1CCC(N)CC1. The van der Waals surface area contributed by atoms with Gasteiger partial charge < -0.3 is 15.1 Å². The molecule has 1 aromatic carbocycles. The van der Waals surface area contributed by atoms with Crippen LogP contribution < -0.4 is 10.6 Å². The number of hydrogen-bond donors (Lipinski definition) is 1. The van der Waals surface area contributed by atoms with Crippen molar-refractivity contribution in [2.24, 2.45) is 5.73 Å². The minimum Gasteiger partial charge on any atom is -0.423 e. The lowest BCUT2D eigenvalue weighted by atomic mass is 9.91. The van der Waals surface area contributed by atoms with Crippen LogP contribution in [-0.2, 0) is 0 Å². The van der Waals surface area contributed by atoms with E-state index in [9.17, 15) is 10.1 Å². The number of fused-ring (bicyclic) bond motifs is 1. The van der Waals surface area contributed by atoms with E-state index in [4.69, 9.17) is 10.2 Å². The van der Waals surface area contributed by atoms with Gasteiger partial charge in [-0.2, -0.15) is 4.98 Å². The third-order valence-corrected chi connectivity index (χ3v) is 4.16. The third-order valence-electron chi connectivity index (χ3n) is 4.16. The van der Waals surface area contributed by atoms with Crippen molar-refractivity contribution in [3.05, 3.63) is 28.3 Å². The first-order valence-electron chi connectivity index (χ1n) is 7.08. The van der Waals surface area contributed by atoms with Crippen molar-refractivity contribution in [1.29, 1.82) is 0 Å². The number of nitrogens with zero attached hydrogens (tertiary/aromatic N) is 3. The summed E-state index contributed by atoms with van der Waals surface area (Å²) in [7, 11) is 1.95. The fraction of sp³-hybridized carbons (Fsp3) is 0.500. The van der Waals surface area contributed by atoms with Crippen LogP contribution >= 0.6 is 0 Å². The first-order valence-corrected chi connectivity index (χ1v) is 7.08. The molecule has 0 saturated heterocycles. The van der Waals surface area contributed by atoms with E-state index in [1.807, 2.05) is 11.9 Å². The summed E-state index contributed by atoms with van der Waals surface area (Å²) in [5, 5.41) is 10.8. The molecule has 0 spiro atoms. The van der Waals surface area contributed by atoms with Gasteiger partial charge in [-0.1, -0.05) is 0 Å². The molecular formula is C14H18N4O3. The van der Waals surface area contributed by atoms with Gasteiger partial charge in [0.1, 0.15) is 5.52 Å². The van der Waals surface area contributed by atoms with Crippen LogP contribution in [0, 0.1) is 10.1 Å². The van der Waals surface area contributed by atoms with Crippen molar-refractivity contribution in [3.63, 3.8) is 0 Å². The van der Waals surface area contributed by atoms with Crippen LogP contribution in [0.25, 0.3) is 11.1 Å². The van der Waals surface area contributed by atoms with Gasteiger partial charge in [-0.15, -0.1) is 0 Å². The van der Waals surface area contributed by atoms with Crippen molar-refractivity contribution in [2.75, 3.05) is 11.9 Å². The average Bonchev–Trinajstić information content (AvgIpc) is 2.90. The van der Waals surface area contributed by atoms with Crippen molar-refractivity contribution in [1.82, 2.24) is 4.98 Å². The predicted octanol–water partition coefficient (Wildman–Crippen LogP) is 2.44. The standard InChI is InChI=1S/C14H18N4O3/c1-17(10-4-2-9(15)3-5-10)14-16-12-7-6-11(18(19)20)8-13(12)21-14/h6-10H,2-5,15H2,1H3. The van der Waals surface area contributed by atoms with E-state index in [1.165, 1.54) is 12.1 Å². The zero-order valence-corrected chi connectivity index (χ0v) is 11.9. The van der Waals surface area contributed by atoms with E-state index in [0.717, 1.165) is 25.7 Å². The molecule has 1 aliphatic rings. The summed E-state index contributed by atoms with van der Waals surface area (Å²) in [6, 6.07) is 5.62. The monoisotopic (exact) mass is 290 g/mol. The van der Waals surface area contributed by atoms with Crippen LogP contribution in [0.1, 0.15) is 25.7 Å². The first-order chi connectivity index (χ1) is 10.0. The van der Waals surface area contributed by atoms with Gasteiger partial charge in [0.2, 0.25) is 0 Å². The molecule has 0 aliphatic heterocycles. The van der Waals surface area contributed by atoms with Gasteiger partial charge >= 0.3 is 0 Å². The molecule has 21 heavy (non-hydrogen) atoms. The molecule has 0 radical (unpaired) electrons. The minimum absolute atomic E-state index is 0.0106. The Balaban J connectivity index is 1.85. The number of nitrogens with two attached hydrogens (primary N) is 1. The second-order valence-corrected chi connectivity index (χ2v) is 5.59. The minimum atomic E-state index is -0.437. The second kappa shape index (κ2) is 5.33. The molecule has 3 rings (SSSR count). The van der Waals surface area contributed by atoms with E-state index in [0.29, 0.717) is 29.2 Å². The highest BCUT2D eigenvalue weighted by Gasteiger charge is 2.25. The van der Waals surface area contributed by atoms with Crippen LogP contribution in [0.15, 0.2) is 22.6 Å². The molecule has 0 amide bonds. The molecule has 2 N–H and O–H groups in total. The summed E-state index contributed by atoms with van der Waals surface area (Å²) in [6.45, 7) is 0. The Labute approximate surface area is 121 Å². The molecule has 1 aromatic heterocycles. The quantitative estimate of drug-likeness (QED) is 0.688. The van der Waals surface area contributed by atoms with Crippen LogP contribution in [0.3, 0.4) is 0 Å². The molecule has 1 saturated carbocycles. The van der Waals surface area contributed by atoms with Gasteiger partial charge in [0.05, 0.1) is 11.0 Å². The number of oxazole rings is 1. The fourth-order valence-electron chi connectivity index (χ4n) is 2.81. The van der Waals surface area contributed by atoms with E-state index in [-0.39, 0.29) is 5.69 Å². The number of aromatic nitrogens is 1. The molecule has 1 heterocycles. The maximum atomic E-state index is 10.8. The molecule has 2 aromatic rings. The van der Waals surface area contributed by atoms with Crippen molar-refractivity contribution in [3.8, 4) is 0 Å². The molecule has 1 aliphatic carbocycles. The van der Waals surface area contributed by atoms with Crippen LogP contribution in [0.5, 0.6) is 0 Å². The summed E-state index contributed by atoms with van der Waals surface area (Å²) >= 11 is 0. The Morgan fingerprint density at radius 3 is 2.76 bits per heavy atom. The van der Waals surface area contributed by atoms with Crippen molar-refractivity contribution >= 4 is 22.8 Å². The Bertz CT molecular complexity index is 661. The molecule has 112 valence electrons. The van der Waals surface area contributed by atoms with Gasteiger partial charge in [0.25, 0.3) is 11.7 Å². The first kappa shape index (κ1) is 13.8. The second-order valence-electron chi connectivity index (χ2n) is 5.59. The molecule has 0 bridgehead atoms. The number of benzene rings is 1. The predicted molar refractivity (Wildman–Crippen MR) is 79.3 cm³/mol. The van der Waals surface area contributed by atoms with Crippen LogP contribution in [0.4, 0.5) is 11.7 Å². The number of hydrogen-bond acceptors (Lipinski definition) is 6. The maximum Gasteiger partial charge on any atom is 0.298 e. The van der Waals surface area contributed by atoms with Crippen molar-refractivity contribution < 1.29 is 9.34 Å². The molecule has 7 heteroatoms. The summed E-state index contributed by atoms with van der Waals surface area (Å²) in [6.07, 6.45) is 4.02. The van der Waals surface area contributed by atoms with Crippen LogP contribution in [-0.4, -0.2) is 29.0 Å². The number of nitro benzene ring substituents is 1. The highest BCUT2D eigenvalue weighted by molar-refractivity contribution is 5.77. The number of rotatable bonds is 3. The van der Waals surface area contributed by atoms with Gasteiger partial charge in [0, 0.05) is 25.2 Å². The Hall–Kier alpha value is -2.15. The molecule has 7 nitrogen and oxygen atoms in total. The topological polar surface area (TPSA) is 98.4 Å². The van der Waals surface area contributed by atoms with Crippen LogP contribution in [0.2, 0.25) is 0 Å². The average molecular weight is 290 g/mol. The van der Waals surface area contributed by atoms with Crippen molar-refractivity contribution in [2.45, 2.75) is 37.8 Å². The lowest BCUT2D eigenvalue weighted by molar-refractivity contribution is -0.384. The number of non-ortho nitro benzene ring substituents is 1. The number of anilines is 1. The Morgan fingerprint density at radius 2 is 2.10 bits per heavy atom. The zero-order chi connectivity index (χ0) is 15.0. The van der Waals surface area contributed by atoms with E-state index < -0.39 is 4.92 Å². The molecule has 0 atom stereocenters. The van der Waals surface area contributed by atoms with Gasteiger partial charge in [-0.3, -0.25) is 10.1 Å². The largest absolute Gasteiger partial charge is 0.423 e. The third kappa shape index (κ3) is 2.69. The van der Waals surface area contributed by atoms with E-state index >= 15 is 0 Å². The molecular weight excluding hydrogens is 272 g/mol. The summed E-state index contributed by atoms with van der Waals surface area (Å²) in [5.74, 6) is 0. The van der Waals surface area contributed by atoms with Gasteiger partial charge in [0.15, 0.2) is 5.58 Å². The fourth-order valence-corrected chi connectivity index (χ4v) is 2.81. The highest BCUT2D eigenvalue weighted by Crippen LogP contribution is 2.29. The Kier molecular flexibility index (Phi) is 3.50. The van der Waals surface area contributed by atoms with Gasteiger partial charge in [-0.25, -0.2) is 0 Å². The lowest BCUT2D eigenvalue weighted by Crippen LogP contribution is -2.38. The normalized spacial score (nSPS) is 22.4. The van der Waals surface area contributed by atoms with E-state index in [2.05, 4.69) is 4.98 Å². The zero-order valence-electron chi connectivity index (χ0n) is 11.9. The number of nitro groups is 1. The summed E-state index contributed by atoms with van der Waals surface area (Å²) < 4.78 is 5.68. The molecule has 1 fully saturated rings. The van der Waals surface area contributed by atoms with Gasteiger partial charge in [-0.05, 0) is 31.7 Å². The Morgan fingerprint density at radius 1 is 1.38 bits per heavy atom. The maximum absolute atomic E-state index is 10.8. The summed E-state index contributed by atoms with van der Waals surface area (Å²) in [4.78, 5) is 16.8. The lowest BCUT2D eigenvalue weighted by Gasteiger charge is -2.32. The molecule has 0 unspecified atom stereocenters. The smallest absolute Gasteiger partial charge is 0.298 e. The van der Waals surface area contributed by atoms with E-state index in [1.54, 1.807) is 6.07 Å². The highest BCUT2D eigenvalue weighted by atomic mass is 16.6.